The molecule has 0 aromatic rings. The molecule has 0 amide bonds. The van der Waals surface area contributed by atoms with Gasteiger partial charge in [-0.25, -0.2) is 0 Å². The molecule has 0 atom stereocenters. The molecule has 0 saturated heterocycles. The number of likely N-dealkylation sites (N-methyl/N-ethyl adjacent to an activating group) is 1. The third-order valence-electron chi connectivity index (χ3n) is 2.17. The van der Waals surface area contributed by atoms with Crippen molar-refractivity contribution in [2.24, 2.45) is 0 Å². The zero-order valence-corrected chi connectivity index (χ0v) is 10.5. The van der Waals surface area contributed by atoms with E-state index in [0.29, 0.717) is 13.0 Å². The number of hydrogen-bond acceptors (Lipinski definition) is 4. The maximum Gasteiger partial charge on any atom is 0.305 e. The lowest BCUT2D eigenvalue weighted by Gasteiger charge is -2.17. The number of carbonyl (C=O) groups is 1. The molecule has 0 aliphatic rings. The van der Waals surface area contributed by atoms with Crippen molar-refractivity contribution in [2.45, 2.75) is 19.8 Å². The first-order valence-corrected chi connectivity index (χ1v) is 5.55. The molecule has 0 fully saturated rings. The van der Waals surface area contributed by atoms with Gasteiger partial charge in [0.25, 0.3) is 0 Å². The first-order chi connectivity index (χ1) is 7.06. The van der Waals surface area contributed by atoms with E-state index in [4.69, 9.17) is 4.74 Å². The van der Waals surface area contributed by atoms with Gasteiger partial charge in [-0.3, -0.25) is 4.79 Å². The van der Waals surface area contributed by atoms with Crippen LogP contribution in [0.5, 0.6) is 0 Å². The van der Waals surface area contributed by atoms with Gasteiger partial charge in [0.1, 0.15) is 6.61 Å². The summed E-state index contributed by atoms with van der Waals surface area (Å²) >= 11 is 0. The SMILES string of the molecule is CCC(=O)OCCN(C)CCCN(C)C. The number of ether oxygens (including phenoxy) is 1. The molecule has 15 heavy (non-hydrogen) atoms. The fourth-order valence-electron chi connectivity index (χ4n) is 1.19. The van der Waals surface area contributed by atoms with Crippen LogP contribution in [-0.2, 0) is 9.53 Å². The van der Waals surface area contributed by atoms with Crippen LogP contribution in [0, 0.1) is 0 Å². The van der Waals surface area contributed by atoms with Crippen LogP contribution in [0.2, 0.25) is 0 Å². The fourth-order valence-corrected chi connectivity index (χ4v) is 1.19. The van der Waals surface area contributed by atoms with E-state index in [1.165, 1.54) is 0 Å². The molecule has 0 bridgehead atoms. The van der Waals surface area contributed by atoms with E-state index < -0.39 is 0 Å². The van der Waals surface area contributed by atoms with E-state index in [1.807, 2.05) is 6.92 Å². The van der Waals surface area contributed by atoms with Gasteiger partial charge in [0.05, 0.1) is 0 Å². The van der Waals surface area contributed by atoms with Crippen LogP contribution in [0.3, 0.4) is 0 Å². The zero-order valence-electron chi connectivity index (χ0n) is 10.5. The molecule has 0 rings (SSSR count). The Labute approximate surface area is 93.2 Å². The number of esters is 1. The minimum Gasteiger partial charge on any atom is -0.464 e. The van der Waals surface area contributed by atoms with Crippen molar-refractivity contribution in [2.75, 3.05) is 47.4 Å². The van der Waals surface area contributed by atoms with E-state index in [-0.39, 0.29) is 5.97 Å². The number of rotatable bonds is 8. The van der Waals surface area contributed by atoms with Gasteiger partial charge in [0.15, 0.2) is 0 Å². The molecule has 0 aromatic heterocycles. The van der Waals surface area contributed by atoms with Crippen molar-refractivity contribution in [1.29, 1.82) is 0 Å². The zero-order chi connectivity index (χ0) is 11.7. The summed E-state index contributed by atoms with van der Waals surface area (Å²) in [5, 5.41) is 0. The van der Waals surface area contributed by atoms with Gasteiger partial charge in [-0.15, -0.1) is 0 Å². The van der Waals surface area contributed by atoms with E-state index >= 15 is 0 Å². The van der Waals surface area contributed by atoms with Crippen LogP contribution >= 0.6 is 0 Å². The summed E-state index contributed by atoms with van der Waals surface area (Å²) in [4.78, 5) is 15.2. The van der Waals surface area contributed by atoms with Gasteiger partial charge in [0, 0.05) is 13.0 Å². The topological polar surface area (TPSA) is 32.8 Å². The molecule has 0 N–H and O–H groups in total. The normalized spacial score (nSPS) is 11.1. The van der Waals surface area contributed by atoms with E-state index in [9.17, 15) is 4.79 Å². The number of nitrogens with zero attached hydrogens (tertiary/aromatic N) is 2. The molecule has 0 unspecified atom stereocenters. The third kappa shape index (κ3) is 9.69. The monoisotopic (exact) mass is 216 g/mol. The van der Waals surface area contributed by atoms with Crippen molar-refractivity contribution in [3.8, 4) is 0 Å². The van der Waals surface area contributed by atoms with Crippen molar-refractivity contribution < 1.29 is 9.53 Å². The lowest BCUT2D eigenvalue weighted by molar-refractivity contribution is -0.143. The Morgan fingerprint density at radius 3 is 2.33 bits per heavy atom. The van der Waals surface area contributed by atoms with Crippen LogP contribution in [-0.4, -0.2) is 63.2 Å². The average Bonchev–Trinajstić information content (AvgIpc) is 2.17. The molecule has 0 saturated carbocycles. The first kappa shape index (κ1) is 14.4. The molecule has 0 aliphatic carbocycles. The summed E-state index contributed by atoms with van der Waals surface area (Å²) in [6.45, 7) is 5.27. The quantitative estimate of drug-likeness (QED) is 0.562. The van der Waals surface area contributed by atoms with Crippen molar-refractivity contribution in [3.05, 3.63) is 0 Å². The average molecular weight is 216 g/mol. The maximum atomic E-state index is 10.8. The van der Waals surface area contributed by atoms with Gasteiger partial charge in [-0.05, 0) is 40.7 Å². The predicted octanol–water partition coefficient (Wildman–Crippen LogP) is 0.823. The predicted molar refractivity (Wildman–Crippen MR) is 61.9 cm³/mol. The van der Waals surface area contributed by atoms with Crippen LogP contribution in [0.1, 0.15) is 19.8 Å². The summed E-state index contributed by atoms with van der Waals surface area (Å²) < 4.78 is 5.00. The van der Waals surface area contributed by atoms with Crippen LogP contribution in [0.25, 0.3) is 0 Å². The molecular weight excluding hydrogens is 192 g/mol. The van der Waals surface area contributed by atoms with E-state index in [0.717, 1.165) is 26.1 Å². The van der Waals surface area contributed by atoms with Crippen LogP contribution in [0.15, 0.2) is 0 Å². The van der Waals surface area contributed by atoms with Crippen molar-refractivity contribution >= 4 is 5.97 Å². The second-order valence-electron chi connectivity index (χ2n) is 4.03. The maximum absolute atomic E-state index is 10.8. The van der Waals surface area contributed by atoms with Gasteiger partial charge in [0.2, 0.25) is 0 Å². The largest absolute Gasteiger partial charge is 0.464 e. The molecule has 0 aromatic carbocycles. The molecule has 4 heteroatoms. The Morgan fingerprint density at radius 2 is 1.80 bits per heavy atom. The number of hydrogen-bond donors (Lipinski definition) is 0. The van der Waals surface area contributed by atoms with Gasteiger partial charge < -0.3 is 14.5 Å². The Morgan fingerprint density at radius 1 is 1.13 bits per heavy atom. The fraction of sp³-hybridized carbons (Fsp3) is 0.909. The molecule has 0 spiro atoms. The van der Waals surface area contributed by atoms with E-state index in [1.54, 1.807) is 0 Å². The van der Waals surface area contributed by atoms with Gasteiger partial charge in [-0.1, -0.05) is 6.92 Å². The standard InChI is InChI=1S/C11H24N2O2/c1-5-11(14)15-10-9-13(4)8-6-7-12(2)3/h5-10H2,1-4H3. The highest BCUT2D eigenvalue weighted by Gasteiger charge is 2.01. The molecule has 0 aliphatic heterocycles. The molecule has 0 heterocycles. The second kappa shape index (κ2) is 8.68. The lowest BCUT2D eigenvalue weighted by atomic mass is 10.4. The van der Waals surface area contributed by atoms with Crippen molar-refractivity contribution in [1.82, 2.24) is 9.80 Å². The van der Waals surface area contributed by atoms with E-state index in [2.05, 4.69) is 30.9 Å². The Bertz CT molecular complexity index is 172. The first-order valence-electron chi connectivity index (χ1n) is 5.55. The Balaban J connectivity index is 3.33. The Kier molecular flexibility index (Phi) is 8.33. The van der Waals surface area contributed by atoms with Gasteiger partial charge in [-0.2, -0.15) is 0 Å². The summed E-state index contributed by atoms with van der Waals surface area (Å²) in [7, 11) is 6.20. The highest BCUT2D eigenvalue weighted by molar-refractivity contribution is 5.68. The highest BCUT2D eigenvalue weighted by atomic mass is 16.5. The lowest BCUT2D eigenvalue weighted by Crippen LogP contribution is -2.27. The Hall–Kier alpha value is -0.610. The second-order valence-corrected chi connectivity index (χ2v) is 4.03. The molecule has 4 nitrogen and oxygen atoms in total. The minimum atomic E-state index is -0.114. The number of carbonyl (C=O) groups excluding carboxylic acids is 1. The highest BCUT2D eigenvalue weighted by Crippen LogP contribution is 1.91. The van der Waals surface area contributed by atoms with Crippen LogP contribution < -0.4 is 0 Å². The summed E-state index contributed by atoms with van der Waals surface area (Å²) in [5.74, 6) is -0.114. The summed E-state index contributed by atoms with van der Waals surface area (Å²) in [5.41, 5.74) is 0. The minimum absolute atomic E-state index is 0.114. The molecular formula is C11H24N2O2. The van der Waals surface area contributed by atoms with Gasteiger partial charge >= 0.3 is 5.97 Å². The van der Waals surface area contributed by atoms with Crippen LogP contribution in [0.4, 0.5) is 0 Å². The van der Waals surface area contributed by atoms with Crippen molar-refractivity contribution in [3.63, 3.8) is 0 Å². The third-order valence-corrected chi connectivity index (χ3v) is 2.17. The molecule has 0 radical (unpaired) electrons. The summed E-state index contributed by atoms with van der Waals surface area (Å²) in [6.07, 6.45) is 1.61. The summed E-state index contributed by atoms with van der Waals surface area (Å²) in [6, 6.07) is 0. The smallest absolute Gasteiger partial charge is 0.305 e. The molecule has 90 valence electrons.